The van der Waals surface area contributed by atoms with Crippen molar-refractivity contribution in [3.05, 3.63) is 68.2 Å². The van der Waals surface area contributed by atoms with Gasteiger partial charge in [0, 0.05) is 6.42 Å². The third kappa shape index (κ3) is 7.78. The first-order valence-corrected chi connectivity index (χ1v) is 14.0. The van der Waals surface area contributed by atoms with Crippen LogP contribution in [-0.2, 0) is 36.0 Å². The van der Waals surface area contributed by atoms with E-state index in [1.54, 1.807) is 4.98 Å². The molecule has 3 rings (SSSR count). The Bertz CT molecular complexity index is 1260. The van der Waals surface area contributed by atoms with Crippen LogP contribution in [0.4, 0.5) is 4.39 Å². The number of H-pyrrole nitrogens is 1. The van der Waals surface area contributed by atoms with Gasteiger partial charge in [-0.2, -0.15) is 4.39 Å². The molecule has 0 aliphatic carbocycles. The molecule has 1 aromatic heterocycles. The lowest BCUT2D eigenvalue weighted by molar-refractivity contribution is -0.144. The van der Waals surface area contributed by atoms with Gasteiger partial charge in [0.2, 0.25) is 5.82 Å². The molecule has 2 heterocycles. The highest BCUT2D eigenvalue weighted by atomic mass is 31.2. The van der Waals surface area contributed by atoms with Gasteiger partial charge in [-0.15, -0.1) is 0 Å². The van der Waals surface area contributed by atoms with E-state index in [1.807, 2.05) is 12.1 Å². The molecular formula is C25H34FN2O9P. The van der Waals surface area contributed by atoms with Crippen molar-refractivity contribution < 1.29 is 37.5 Å². The molecule has 0 amide bonds. The topological polar surface area (TPSA) is 157 Å². The molecule has 1 saturated heterocycles. The second kappa shape index (κ2) is 13.1. The fraction of sp³-hybridized carbons (Fsp3) is 0.560. The molecular weight excluding hydrogens is 522 g/mol. The smallest absolute Gasteiger partial charge is 0.379 e. The van der Waals surface area contributed by atoms with Crippen molar-refractivity contribution in [2.24, 2.45) is 0 Å². The Morgan fingerprint density at radius 1 is 1.18 bits per heavy atom. The lowest BCUT2D eigenvalue weighted by Gasteiger charge is -2.25. The number of carbonyl (C=O) groups is 1. The van der Waals surface area contributed by atoms with Gasteiger partial charge in [-0.1, -0.05) is 44.0 Å². The van der Waals surface area contributed by atoms with Crippen molar-refractivity contribution in [3.63, 3.8) is 0 Å². The summed E-state index contributed by atoms with van der Waals surface area (Å²) in [6.45, 7) is 2.43. The third-order valence-electron chi connectivity index (χ3n) is 6.53. The van der Waals surface area contributed by atoms with Gasteiger partial charge in [0.15, 0.2) is 11.4 Å². The van der Waals surface area contributed by atoms with E-state index in [1.165, 1.54) is 18.4 Å². The number of phosphoric ester groups is 1. The molecule has 0 bridgehead atoms. The van der Waals surface area contributed by atoms with E-state index in [0.29, 0.717) is 23.6 Å². The largest absolute Gasteiger partial charge is 0.472 e. The molecule has 3 N–H and O–H groups in total. The Labute approximate surface area is 219 Å². The maximum absolute atomic E-state index is 13.7. The number of aromatic nitrogens is 2. The first-order chi connectivity index (χ1) is 17.9. The van der Waals surface area contributed by atoms with E-state index >= 15 is 0 Å². The molecule has 210 valence electrons. The average Bonchev–Trinajstić information content (AvgIpc) is 3.21. The van der Waals surface area contributed by atoms with Gasteiger partial charge in [0.25, 0.3) is 5.56 Å². The minimum Gasteiger partial charge on any atom is -0.379 e. The molecule has 1 unspecified atom stereocenters. The fourth-order valence-corrected chi connectivity index (χ4v) is 5.00. The first kappa shape index (κ1) is 30.1. The Morgan fingerprint density at radius 2 is 1.82 bits per heavy atom. The van der Waals surface area contributed by atoms with Gasteiger partial charge in [0.1, 0.15) is 12.3 Å². The number of hydrogen-bond acceptors (Lipinski definition) is 8. The summed E-state index contributed by atoms with van der Waals surface area (Å²) in [5.41, 5.74) is -2.11. The average molecular weight is 557 g/mol. The lowest BCUT2D eigenvalue weighted by atomic mass is 9.91. The maximum atomic E-state index is 13.7. The van der Waals surface area contributed by atoms with E-state index < -0.39 is 61.6 Å². The zero-order chi connectivity index (χ0) is 27.9. The summed E-state index contributed by atoms with van der Waals surface area (Å²) in [4.78, 5) is 47.3. The minimum absolute atomic E-state index is 0.0802. The van der Waals surface area contributed by atoms with Gasteiger partial charge in [0.05, 0.1) is 19.4 Å². The number of benzene rings is 1. The highest BCUT2D eigenvalue weighted by Gasteiger charge is 2.52. The number of rotatable bonds is 14. The number of phosphoric acid groups is 1. The third-order valence-corrected chi connectivity index (χ3v) is 7.51. The zero-order valence-corrected chi connectivity index (χ0v) is 22.3. The van der Waals surface area contributed by atoms with E-state index in [-0.39, 0.29) is 6.61 Å². The molecule has 38 heavy (non-hydrogen) atoms. The van der Waals surface area contributed by atoms with Gasteiger partial charge in [-0.3, -0.25) is 28.2 Å². The first-order valence-electron chi connectivity index (χ1n) is 12.5. The summed E-state index contributed by atoms with van der Waals surface area (Å²) in [7, 11) is -4.57. The number of hydrogen-bond donors (Lipinski definition) is 3. The molecule has 1 aliphatic heterocycles. The van der Waals surface area contributed by atoms with Crippen LogP contribution in [0, 0.1) is 5.82 Å². The fourth-order valence-electron chi connectivity index (χ4n) is 4.24. The summed E-state index contributed by atoms with van der Waals surface area (Å²) in [6.07, 6.45) is 2.92. The summed E-state index contributed by atoms with van der Waals surface area (Å²) in [5.74, 6) is -2.02. The van der Waals surface area contributed by atoms with Crippen LogP contribution >= 0.6 is 7.82 Å². The van der Waals surface area contributed by atoms with Gasteiger partial charge >= 0.3 is 13.5 Å². The Kier molecular flexibility index (Phi) is 10.3. The normalized spacial score (nSPS) is 22.9. The van der Waals surface area contributed by atoms with Crippen LogP contribution in [0.25, 0.3) is 0 Å². The molecule has 1 aromatic carbocycles. The number of aryl methyl sites for hydroxylation is 2. The molecule has 13 heteroatoms. The van der Waals surface area contributed by atoms with Crippen LogP contribution in [0.15, 0.2) is 40.1 Å². The standard InChI is InChI=1S/C25H34FN2O9P/c1-3-4-5-7-18-9-11-19(12-10-18)8-6-13-35-38(33,34)36-16-21-25(32,17(2)29)14-22(37-21)28-15-20(26)23(30)27-24(28)31/h9-12,15,21-22,32H,3-8,13-14,16H2,1-2H3,(H,33,34)(H,27,30,31)/t21-,22-,25-/m1/s1. The second-order valence-electron chi connectivity index (χ2n) is 9.38. The maximum Gasteiger partial charge on any atom is 0.472 e. The van der Waals surface area contributed by atoms with Crippen molar-refractivity contribution in [1.29, 1.82) is 0 Å². The van der Waals surface area contributed by atoms with E-state index in [0.717, 1.165) is 25.3 Å². The van der Waals surface area contributed by atoms with E-state index in [4.69, 9.17) is 13.8 Å². The Morgan fingerprint density at radius 3 is 2.42 bits per heavy atom. The van der Waals surface area contributed by atoms with Crippen LogP contribution in [0.5, 0.6) is 0 Å². The molecule has 0 spiro atoms. The van der Waals surface area contributed by atoms with Gasteiger partial charge in [-0.05, 0) is 43.7 Å². The second-order valence-corrected chi connectivity index (χ2v) is 10.8. The number of aromatic amines is 1. The molecule has 0 radical (unpaired) electrons. The summed E-state index contributed by atoms with van der Waals surface area (Å²) in [5, 5.41) is 10.8. The van der Waals surface area contributed by atoms with Gasteiger partial charge in [-0.25, -0.2) is 9.36 Å². The quantitative estimate of drug-likeness (QED) is 0.235. The number of nitrogens with one attached hydrogen (secondary N) is 1. The molecule has 1 aliphatic rings. The van der Waals surface area contributed by atoms with Crippen molar-refractivity contribution in [2.45, 2.75) is 76.7 Å². The molecule has 0 saturated carbocycles. The number of ether oxygens (including phenoxy) is 1. The van der Waals surface area contributed by atoms with Crippen molar-refractivity contribution in [2.75, 3.05) is 13.2 Å². The zero-order valence-electron chi connectivity index (χ0n) is 21.4. The van der Waals surface area contributed by atoms with Crippen LogP contribution < -0.4 is 11.2 Å². The van der Waals surface area contributed by atoms with Gasteiger partial charge < -0.3 is 14.7 Å². The highest BCUT2D eigenvalue weighted by Crippen LogP contribution is 2.46. The molecule has 2 aromatic rings. The predicted molar refractivity (Wildman–Crippen MR) is 135 cm³/mol. The molecule has 1 fully saturated rings. The molecule has 11 nitrogen and oxygen atoms in total. The summed E-state index contributed by atoms with van der Waals surface area (Å²) >= 11 is 0. The number of ketones is 1. The SMILES string of the molecule is CCCCCc1ccc(CCCOP(=O)(O)OC[C@H]2O[C@@H](n3cc(F)c(=O)[nH]c3=O)C[C@@]2(O)C(C)=O)cc1. The Hall–Kier alpha value is -2.47. The van der Waals surface area contributed by atoms with Crippen molar-refractivity contribution >= 4 is 13.6 Å². The summed E-state index contributed by atoms with van der Waals surface area (Å²) in [6, 6.07) is 8.19. The van der Waals surface area contributed by atoms with Crippen LogP contribution in [0.2, 0.25) is 0 Å². The summed E-state index contributed by atoms with van der Waals surface area (Å²) < 4.78 is 42.2. The van der Waals surface area contributed by atoms with Crippen LogP contribution in [0.3, 0.4) is 0 Å². The molecule has 4 atom stereocenters. The number of carbonyl (C=O) groups excluding carboxylic acids is 1. The van der Waals surface area contributed by atoms with Crippen molar-refractivity contribution in [1.82, 2.24) is 9.55 Å². The number of nitrogens with zero attached hydrogens (tertiary/aromatic N) is 1. The number of halogens is 1. The monoisotopic (exact) mass is 556 g/mol. The minimum atomic E-state index is -4.57. The van der Waals surface area contributed by atoms with Crippen molar-refractivity contribution in [3.8, 4) is 0 Å². The van der Waals surface area contributed by atoms with Crippen LogP contribution in [-0.4, -0.2) is 50.3 Å². The Balaban J connectivity index is 1.52. The lowest BCUT2D eigenvalue weighted by Crippen LogP contribution is -2.47. The van der Waals surface area contributed by atoms with E-state index in [9.17, 15) is 33.3 Å². The number of Topliss-reactive ketones (excluding diaryl/α,β-unsaturated/α-hetero) is 1. The van der Waals surface area contributed by atoms with Crippen LogP contribution in [0.1, 0.15) is 63.3 Å². The number of unbranched alkanes of at least 4 members (excludes halogenated alkanes) is 2. The highest BCUT2D eigenvalue weighted by molar-refractivity contribution is 7.47. The predicted octanol–water partition coefficient (Wildman–Crippen LogP) is 2.78. The van der Waals surface area contributed by atoms with E-state index in [2.05, 4.69) is 19.1 Å². The number of aliphatic hydroxyl groups is 1.